The second-order valence-corrected chi connectivity index (χ2v) is 9.52. The van der Waals surface area contributed by atoms with Crippen LogP contribution in [0.2, 0.25) is 5.15 Å². The summed E-state index contributed by atoms with van der Waals surface area (Å²) in [6.45, 7) is 4.48. The normalized spacial score (nSPS) is 16.7. The fourth-order valence-corrected chi connectivity index (χ4v) is 4.75. The Morgan fingerprint density at radius 3 is 2.57 bits per heavy atom. The van der Waals surface area contributed by atoms with Gasteiger partial charge in [0.15, 0.2) is 0 Å². The molecule has 2 aromatic carbocycles. The van der Waals surface area contributed by atoms with E-state index in [1.54, 1.807) is 0 Å². The van der Waals surface area contributed by atoms with Crippen LogP contribution >= 0.6 is 11.6 Å². The molecule has 3 aromatic rings. The van der Waals surface area contributed by atoms with Gasteiger partial charge < -0.3 is 4.74 Å². The second-order valence-electron chi connectivity index (χ2n) is 7.32. The topological polar surface area (TPSA) is 71.9 Å². The van der Waals surface area contributed by atoms with Crippen molar-refractivity contribution in [3.63, 3.8) is 0 Å². The molecule has 1 atom stereocenters. The molecule has 30 heavy (non-hydrogen) atoms. The second kappa shape index (κ2) is 7.89. The minimum absolute atomic E-state index is 0.259. The van der Waals surface area contributed by atoms with Gasteiger partial charge in [-0.3, -0.25) is 0 Å². The molecule has 0 radical (unpaired) electrons. The molecule has 2 heterocycles. The molecule has 0 spiro atoms. The van der Waals surface area contributed by atoms with Gasteiger partial charge in [0, 0.05) is 23.4 Å². The van der Waals surface area contributed by atoms with Gasteiger partial charge in [-0.05, 0) is 37.6 Å². The van der Waals surface area contributed by atoms with Crippen molar-refractivity contribution in [3.05, 3.63) is 70.4 Å². The number of hydrazone groups is 1. The monoisotopic (exact) mass is 443 g/mol. The standard InChI is InChI=1S/C22H22ClN3O3S/c1-4-29-17-10-9-16-11-18(22(23)24-19(16)12-17)21-13-20(25-26(21)30(3,27)28)15-7-5-14(2)6-8-15/h5-12,21H,4,13H2,1-3H3. The molecule has 0 amide bonds. The molecule has 0 saturated carbocycles. The van der Waals surface area contributed by atoms with Gasteiger partial charge >= 0.3 is 0 Å². The van der Waals surface area contributed by atoms with Crippen molar-refractivity contribution >= 4 is 38.2 Å². The van der Waals surface area contributed by atoms with Crippen LogP contribution in [-0.4, -0.2) is 36.4 Å². The molecule has 0 aliphatic carbocycles. The Hall–Kier alpha value is -2.64. The lowest BCUT2D eigenvalue weighted by atomic mass is 9.98. The summed E-state index contributed by atoms with van der Waals surface area (Å²) in [5.41, 5.74) is 4.04. The van der Waals surface area contributed by atoms with Crippen molar-refractivity contribution in [2.24, 2.45) is 5.10 Å². The first-order chi connectivity index (χ1) is 14.3. The summed E-state index contributed by atoms with van der Waals surface area (Å²) < 4.78 is 31.6. The van der Waals surface area contributed by atoms with Gasteiger partial charge in [0.2, 0.25) is 10.0 Å². The number of pyridine rings is 1. The number of nitrogens with zero attached hydrogens (tertiary/aromatic N) is 3. The van der Waals surface area contributed by atoms with Crippen LogP contribution in [0, 0.1) is 6.92 Å². The molecule has 1 aliphatic heterocycles. The van der Waals surface area contributed by atoms with Crippen molar-refractivity contribution in [2.75, 3.05) is 12.9 Å². The van der Waals surface area contributed by atoms with Gasteiger partial charge in [-0.25, -0.2) is 13.4 Å². The smallest absolute Gasteiger partial charge is 0.247 e. The number of hydrogen-bond acceptors (Lipinski definition) is 5. The first kappa shape index (κ1) is 20.6. The minimum Gasteiger partial charge on any atom is -0.494 e. The molecule has 0 saturated heterocycles. The van der Waals surface area contributed by atoms with Crippen LogP contribution in [0.3, 0.4) is 0 Å². The first-order valence-electron chi connectivity index (χ1n) is 9.63. The maximum atomic E-state index is 12.5. The highest BCUT2D eigenvalue weighted by Gasteiger charge is 2.36. The molecule has 1 aliphatic rings. The van der Waals surface area contributed by atoms with E-state index in [1.807, 2.05) is 62.4 Å². The fraction of sp³-hybridized carbons (Fsp3) is 0.273. The summed E-state index contributed by atoms with van der Waals surface area (Å²) in [7, 11) is -3.59. The highest BCUT2D eigenvalue weighted by Crippen LogP contribution is 2.38. The average Bonchev–Trinajstić information content (AvgIpc) is 3.14. The van der Waals surface area contributed by atoms with E-state index < -0.39 is 16.1 Å². The van der Waals surface area contributed by atoms with Crippen LogP contribution < -0.4 is 4.74 Å². The lowest BCUT2D eigenvalue weighted by Crippen LogP contribution is -2.26. The summed E-state index contributed by atoms with van der Waals surface area (Å²) in [6, 6.07) is 14.8. The van der Waals surface area contributed by atoms with E-state index in [9.17, 15) is 8.42 Å². The molecule has 6 nitrogen and oxygen atoms in total. The van der Waals surface area contributed by atoms with E-state index in [-0.39, 0.29) is 5.15 Å². The zero-order valence-corrected chi connectivity index (χ0v) is 18.5. The van der Waals surface area contributed by atoms with E-state index in [4.69, 9.17) is 16.3 Å². The van der Waals surface area contributed by atoms with Gasteiger partial charge in [0.05, 0.1) is 30.1 Å². The summed E-state index contributed by atoms with van der Waals surface area (Å²) in [5, 5.41) is 5.55. The number of hydrogen-bond donors (Lipinski definition) is 0. The minimum atomic E-state index is -3.59. The summed E-state index contributed by atoms with van der Waals surface area (Å²) in [5.74, 6) is 0.713. The molecule has 1 unspecified atom stereocenters. The van der Waals surface area contributed by atoms with Crippen molar-refractivity contribution in [3.8, 4) is 5.75 Å². The molecule has 0 N–H and O–H groups in total. The van der Waals surface area contributed by atoms with E-state index in [0.717, 1.165) is 27.2 Å². The predicted octanol–water partition coefficient (Wildman–Crippen LogP) is 4.71. The zero-order chi connectivity index (χ0) is 21.5. The number of aryl methyl sites for hydroxylation is 1. The Bertz CT molecular complexity index is 1240. The third-order valence-corrected chi connectivity index (χ3v) is 6.36. The van der Waals surface area contributed by atoms with Gasteiger partial charge in [-0.2, -0.15) is 9.52 Å². The largest absolute Gasteiger partial charge is 0.494 e. The highest BCUT2D eigenvalue weighted by molar-refractivity contribution is 7.88. The van der Waals surface area contributed by atoms with Crippen LogP contribution in [0.15, 0.2) is 53.6 Å². The molecule has 1 aromatic heterocycles. The Morgan fingerprint density at radius 1 is 1.17 bits per heavy atom. The fourth-order valence-electron chi connectivity index (χ4n) is 3.58. The summed E-state index contributed by atoms with van der Waals surface area (Å²) in [4.78, 5) is 4.50. The lowest BCUT2D eigenvalue weighted by molar-refractivity contribution is 0.340. The van der Waals surface area contributed by atoms with E-state index in [0.29, 0.717) is 35.6 Å². The Morgan fingerprint density at radius 2 is 1.90 bits per heavy atom. The number of ether oxygens (including phenoxy) is 1. The van der Waals surface area contributed by atoms with E-state index in [2.05, 4.69) is 10.1 Å². The van der Waals surface area contributed by atoms with Crippen molar-refractivity contribution < 1.29 is 13.2 Å². The number of aromatic nitrogens is 1. The quantitative estimate of drug-likeness (QED) is 0.535. The number of rotatable bonds is 5. The van der Waals surface area contributed by atoms with Crippen LogP contribution in [0.4, 0.5) is 0 Å². The van der Waals surface area contributed by atoms with E-state index in [1.165, 1.54) is 0 Å². The van der Waals surface area contributed by atoms with Crippen molar-refractivity contribution in [1.82, 2.24) is 9.40 Å². The van der Waals surface area contributed by atoms with Crippen molar-refractivity contribution in [1.29, 1.82) is 0 Å². The van der Waals surface area contributed by atoms with Crippen LogP contribution in [0.25, 0.3) is 10.9 Å². The Kier molecular flexibility index (Phi) is 5.42. The molecule has 0 bridgehead atoms. The third-order valence-electron chi connectivity index (χ3n) is 5.04. The molecular formula is C22H22ClN3O3S. The van der Waals surface area contributed by atoms with Crippen LogP contribution in [0.1, 0.15) is 36.1 Å². The first-order valence-corrected chi connectivity index (χ1v) is 11.9. The molecule has 156 valence electrons. The number of fused-ring (bicyclic) bond motifs is 1. The Balaban J connectivity index is 1.76. The molecule has 0 fully saturated rings. The Labute approximate surface area is 181 Å². The maximum absolute atomic E-state index is 12.5. The predicted molar refractivity (Wildman–Crippen MR) is 120 cm³/mol. The van der Waals surface area contributed by atoms with Gasteiger partial charge in [-0.15, -0.1) is 0 Å². The highest BCUT2D eigenvalue weighted by atomic mass is 35.5. The number of sulfonamides is 1. The third kappa shape index (κ3) is 4.00. The van der Waals surface area contributed by atoms with E-state index >= 15 is 0 Å². The van der Waals surface area contributed by atoms with Gasteiger partial charge in [-0.1, -0.05) is 41.4 Å². The van der Waals surface area contributed by atoms with Gasteiger partial charge in [0.1, 0.15) is 10.9 Å². The maximum Gasteiger partial charge on any atom is 0.247 e. The summed E-state index contributed by atoms with van der Waals surface area (Å²) in [6.07, 6.45) is 1.57. The van der Waals surface area contributed by atoms with Crippen LogP contribution in [-0.2, 0) is 10.0 Å². The number of halogens is 1. The average molecular weight is 444 g/mol. The van der Waals surface area contributed by atoms with Crippen LogP contribution in [0.5, 0.6) is 5.75 Å². The van der Waals surface area contributed by atoms with Gasteiger partial charge in [0.25, 0.3) is 0 Å². The SMILES string of the molecule is CCOc1ccc2cc(C3CC(c4ccc(C)cc4)=NN3S(C)(=O)=O)c(Cl)nc2c1. The zero-order valence-electron chi connectivity index (χ0n) is 17.0. The molecular weight excluding hydrogens is 422 g/mol. The summed E-state index contributed by atoms with van der Waals surface area (Å²) >= 11 is 6.52. The molecule has 8 heteroatoms. The number of benzene rings is 2. The van der Waals surface area contributed by atoms with Crippen molar-refractivity contribution in [2.45, 2.75) is 26.3 Å². The molecule has 4 rings (SSSR count). The lowest BCUT2D eigenvalue weighted by Gasteiger charge is -2.22.